The molecule has 0 saturated heterocycles. The fourth-order valence-corrected chi connectivity index (χ4v) is 10.2. The number of rotatable bonds is 6. The molecular formula is C35H37FN2O5S. The number of hydrogen-bond donors (Lipinski definition) is 1. The van der Waals surface area contributed by atoms with Gasteiger partial charge in [-0.15, -0.1) is 0 Å². The zero-order chi connectivity index (χ0) is 30.9. The summed E-state index contributed by atoms with van der Waals surface area (Å²) in [5.74, 6) is -0.648. The van der Waals surface area contributed by atoms with Gasteiger partial charge < -0.3 is 14.3 Å². The minimum atomic E-state index is -1.55. The van der Waals surface area contributed by atoms with E-state index in [0.717, 1.165) is 41.8 Å². The molecule has 3 unspecified atom stereocenters. The number of ether oxygens (including phenoxy) is 1. The molecule has 0 bridgehead atoms. The molecule has 7 nitrogen and oxygen atoms in total. The van der Waals surface area contributed by atoms with Gasteiger partial charge in [0, 0.05) is 5.41 Å². The molecule has 1 N–H and O–H groups in total. The molecule has 3 fully saturated rings. The van der Waals surface area contributed by atoms with Crippen molar-refractivity contribution in [2.45, 2.75) is 64.1 Å². The Morgan fingerprint density at radius 2 is 2.11 bits per heavy atom. The van der Waals surface area contributed by atoms with Crippen LogP contribution in [0.4, 0.5) is 4.39 Å². The lowest BCUT2D eigenvalue weighted by atomic mass is 9.45. The number of carbonyl (C=O) groups excluding carboxylic acids is 2. The van der Waals surface area contributed by atoms with Crippen LogP contribution in [0.5, 0.6) is 0 Å². The molecule has 0 spiro atoms. The van der Waals surface area contributed by atoms with Crippen molar-refractivity contribution in [3.63, 3.8) is 0 Å². The quantitative estimate of drug-likeness (QED) is 0.297. The number of alkyl halides is 1. The first kappa shape index (κ1) is 29.3. The van der Waals surface area contributed by atoms with Gasteiger partial charge in [-0.2, -0.15) is 5.10 Å². The molecular weight excluding hydrogens is 579 g/mol. The lowest BCUT2D eigenvalue weighted by Crippen LogP contribution is -2.62. The maximum atomic E-state index is 13.7. The van der Waals surface area contributed by atoms with Gasteiger partial charge in [-0.25, -0.2) is 13.9 Å². The van der Waals surface area contributed by atoms with Crippen LogP contribution in [0.2, 0.25) is 0 Å². The first-order chi connectivity index (χ1) is 21.1. The summed E-state index contributed by atoms with van der Waals surface area (Å²) in [7, 11) is 0. The number of esters is 1. The Morgan fingerprint density at radius 1 is 1.27 bits per heavy atom. The van der Waals surface area contributed by atoms with Gasteiger partial charge in [0.15, 0.2) is 5.60 Å². The van der Waals surface area contributed by atoms with E-state index >= 15 is 0 Å². The summed E-state index contributed by atoms with van der Waals surface area (Å²) in [4.78, 5) is 26.9. The van der Waals surface area contributed by atoms with Crippen molar-refractivity contribution in [3.8, 4) is 5.69 Å². The summed E-state index contributed by atoms with van der Waals surface area (Å²) in [5, 5.41) is 16.3. The van der Waals surface area contributed by atoms with Crippen molar-refractivity contribution in [3.05, 3.63) is 83.6 Å². The van der Waals surface area contributed by atoms with E-state index in [1.54, 1.807) is 6.07 Å². The summed E-state index contributed by atoms with van der Waals surface area (Å²) < 4.78 is 26.9. The molecule has 7 rings (SSSR count). The van der Waals surface area contributed by atoms with Gasteiger partial charge in [-0.3, -0.25) is 4.79 Å². The molecule has 230 valence electrons. The van der Waals surface area contributed by atoms with Crippen molar-refractivity contribution in [1.82, 2.24) is 9.78 Å². The van der Waals surface area contributed by atoms with Crippen molar-refractivity contribution in [2.75, 3.05) is 6.01 Å². The predicted molar refractivity (Wildman–Crippen MR) is 167 cm³/mol. The number of benzene rings is 1. The molecule has 3 aromatic rings. The average Bonchev–Trinajstić information content (AvgIpc) is 3.74. The van der Waals surface area contributed by atoms with Gasteiger partial charge in [0.1, 0.15) is 6.01 Å². The maximum absolute atomic E-state index is 13.7. The highest BCUT2D eigenvalue weighted by atomic mass is 32.2. The van der Waals surface area contributed by atoms with E-state index < -0.39 is 34.2 Å². The lowest BCUT2D eigenvalue weighted by Gasteiger charge is -2.60. The Labute approximate surface area is 260 Å². The fraction of sp³-hybridized carbons (Fsp3) is 0.457. The van der Waals surface area contributed by atoms with Gasteiger partial charge in [0.05, 0.1) is 29.9 Å². The van der Waals surface area contributed by atoms with Crippen molar-refractivity contribution < 1.29 is 28.2 Å². The Hall–Kier alpha value is -3.43. The number of furan rings is 1. The number of hydrogen-bond acceptors (Lipinski definition) is 7. The van der Waals surface area contributed by atoms with Crippen LogP contribution in [0.15, 0.2) is 65.4 Å². The first-order valence-electron chi connectivity index (χ1n) is 15.3. The van der Waals surface area contributed by atoms with Crippen LogP contribution in [0.3, 0.4) is 0 Å². The first-order valence-corrected chi connectivity index (χ1v) is 16.3. The Morgan fingerprint density at radius 3 is 2.86 bits per heavy atom. The van der Waals surface area contributed by atoms with Gasteiger partial charge >= 0.3 is 5.97 Å². The SMILES string of the molecule is C=Cc1cccc(-n2ncc3c2C=C2CCC4C([C@@H](O)C[C@@]5(C)C4CC[C@]5(OC(=O)c4ccco4)C(=O)SCF)[C@@]2(C)C3)c1. The van der Waals surface area contributed by atoms with Gasteiger partial charge in [-0.1, -0.05) is 44.2 Å². The van der Waals surface area contributed by atoms with Crippen molar-refractivity contribution in [1.29, 1.82) is 0 Å². The third kappa shape index (κ3) is 4.15. The molecule has 2 aromatic heterocycles. The molecule has 2 heterocycles. The molecule has 0 radical (unpaired) electrons. The van der Waals surface area contributed by atoms with E-state index in [2.05, 4.69) is 25.6 Å². The molecule has 1 aromatic carbocycles. The third-order valence-corrected chi connectivity index (χ3v) is 12.1. The standard InChI is InChI=1S/C35H37FN2O5S/c1-4-21-7-5-8-24(15-21)38-27-16-23-10-11-25-26-12-13-35(32(41)44-20-36,43-31(40)29-9-6-14-42-29)34(26,3)18-28(39)30(25)33(23,2)17-22(27)19-37-38/h4-9,14-16,19,25-26,28,30,39H,1,10-13,17-18,20H2,2-3H3/t25?,26?,28-,30?,33-,34-,35-/m0/s1. The molecule has 4 aliphatic carbocycles. The second kappa shape index (κ2) is 10.6. The number of aliphatic hydroxyl groups excluding tert-OH is 1. The minimum Gasteiger partial charge on any atom is -0.457 e. The summed E-state index contributed by atoms with van der Waals surface area (Å²) in [6.45, 7) is 8.13. The number of halogens is 1. The van der Waals surface area contributed by atoms with Crippen LogP contribution in [-0.2, 0) is 16.0 Å². The Bertz CT molecular complexity index is 1660. The van der Waals surface area contributed by atoms with Crippen LogP contribution in [-0.4, -0.2) is 43.7 Å². The van der Waals surface area contributed by atoms with E-state index in [1.165, 1.54) is 17.9 Å². The number of nitrogens with zero attached hydrogens (tertiary/aromatic N) is 2. The number of aliphatic hydroxyl groups is 1. The second-order valence-corrected chi connectivity index (χ2v) is 14.2. The van der Waals surface area contributed by atoms with E-state index in [9.17, 15) is 19.1 Å². The molecule has 0 amide bonds. The van der Waals surface area contributed by atoms with Crippen molar-refractivity contribution in [2.24, 2.45) is 28.6 Å². The van der Waals surface area contributed by atoms with E-state index in [4.69, 9.17) is 14.3 Å². The van der Waals surface area contributed by atoms with Gasteiger partial charge in [0.2, 0.25) is 10.9 Å². The molecule has 7 atom stereocenters. The monoisotopic (exact) mass is 616 g/mol. The second-order valence-electron chi connectivity index (χ2n) is 13.3. The normalized spacial score (nSPS) is 33.8. The van der Waals surface area contributed by atoms with Crippen LogP contribution < -0.4 is 0 Å². The van der Waals surface area contributed by atoms with Gasteiger partial charge in [-0.05, 0) is 115 Å². The number of carbonyl (C=O) groups is 2. The van der Waals surface area contributed by atoms with E-state index in [1.807, 2.05) is 42.1 Å². The molecule has 3 saturated carbocycles. The average molecular weight is 617 g/mol. The van der Waals surface area contributed by atoms with Crippen LogP contribution in [0.1, 0.15) is 73.3 Å². The predicted octanol–water partition coefficient (Wildman–Crippen LogP) is 7.04. The number of allylic oxidation sites excluding steroid dienone is 1. The van der Waals surface area contributed by atoms with E-state index in [-0.39, 0.29) is 35.3 Å². The van der Waals surface area contributed by atoms with E-state index in [0.29, 0.717) is 24.6 Å². The fourth-order valence-electron chi connectivity index (χ4n) is 9.48. The van der Waals surface area contributed by atoms with Crippen LogP contribution in [0, 0.1) is 28.6 Å². The largest absolute Gasteiger partial charge is 0.457 e. The van der Waals surface area contributed by atoms with Crippen molar-refractivity contribution >= 4 is 35.0 Å². The zero-order valence-electron chi connectivity index (χ0n) is 25.0. The lowest BCUT2D eigenvalue weighted by molar-refractivity contribution is -0.175. The molecule has 44 heavy (non-hydrogen) atoms. The minimum absolute atomic E-state index is 0.00144. The summed E-state index contributed by atoms with van der Waals surface area (Å²) in [5.41, 5.74) is 2.84. The molecule has 4 aliphatic rings. The molecule has 0 aliphatic heterocycles. The highest BCUT2D eigenvalue weighted by Gasteiger charge is 2.70. The number of fused-ring (bicyclic) bond motifs is 6. The smallest absolute Gasteiger partial charge is 0.375 e. The molecule has 9 heteroatoms. The Balaban J connectivity index is 1.23. The summed E-state index contributed by atoms with van der Waals surface area (Å²) >= 11 is 0.545. The maximum Gasteiger partial charge on any atom is 0.375 e. The Kier molecular flexibility index (Phi) is 7.05. The zero-order valence-corrected chi connectivity index (χ0v) is 25.8. The topological polar surface area (TPSA) is 94.6 Å². The highest BCUT2D eigenvalue weighted by Crippen LogP contribution is 2.69. The summed E-state index contributed by atoms with van der Waals surface area (Å²) in [6, 6.07) is 10.3. The summed E-state index contributed by atoms with van der Waals surface area (Å²) in [6.07, 6.45) is 10.4. The number of aromatic nitrogens is 2. The van der Waals surface area contributed by atoms with Crippen LogP contribution in [0.25, 0.3) is 17.8 Å². The third-order valence-electron chi connectivity index (χ3n) is 11.4. The van der Waals surface area contributed by atoms with Crippen LogP contribution >= 0.6 is 11.8 Å². The number of thioether (sulfide) groups is 1. The van der Waals surface area contributed by atoms with Gasteiger partial charge in [0.25, 0.3) is 0 Å². The highest BCUT2D eigenvalue weighted by molar-refractivity contribution is 8.13.